The molecule has 4 aromatic rings. The van der Waals surface area contributed by atoms with Crippen LogP contribution in [0, 0.1) is 6.92 Å². The summed E-state index contributed by atoms with van der Waals surface area (Å²) < 4.78 is 19.8. The zero-order chi connectivity index (χ0) is 29.6. The van der Waals surface area contributed by atoms with Crippen molar-refractivity contribution in [3.63, 3.8) is 0 Å². The fraction of sp³-hybridized carbons (Fsp3) is 0.154. The third-order valence-corrected chi connectivity index (χ3v) is 5.54. The highest BCUT2D eigenvalue weighted by molar-refractivity contribution is 7.45. The molecule has 0 unspecified atom stereocenters. The predicted octanol–water partition coefficient (Wildman–Crippen LogP) is 3.69. The van der Waals surface area contributed by atoms with Gasteiger partial charge in [0.15, 0.2) is 11.5 Å². The number of carbonyl (C=O) groups excluding carboxylic acids is 1. The van der Waals surface area contributed by atoms with E-state index in [0.29, 0.717) is 45.5 Å². The molecule has 210 valence electrons. The molecule has 0 fully saturated rings. The highest BCUT2D eigenvalue weighted by Gasteiger charge is 2.16. The van der Waals surface area contributed by atoms with Crippen LogP contribution in [-0.4, -0.2) is 62.9 Å². The number of aromatic nitrogens is 2. The summed E-state index contributed by atoms with van der Waals surface area (Å²) in [7, 11) is 0.223. The molecule has 6 N–H and O–H groups in total. The Labute approximate surface area is 228 Å². The number of rotatable bonds is 7. The SMILES string of the molecule is CNc1nc(-c2cccc(NC(=O)c3ccc(C(=O)O)c(C)c3)c2)c2cc(OC)c(OC)cc2n1.O=P(O)(O)O. The molecule has 0 aliphatic rings. The Morgan fingerprint density at radius 2 is 1.57 bits per heavy atom. The largest absolute Gasteiger partial charge is 0.493 e. The quantitative estimate of drug-likeness (QED) is 0.176. The van der Waals surface area contributed by atoms with Gasteiger partial charge in [0.05, 0.1) is 31.0 Å². The molecule has 0 aliphatic heterocycles. The first-order valence-electron chi connectivity index (χ1n) is 11.5. The minimum absolute atomic E-state index is 0.159. The molecule has 0 saturated carbocycles. The van der Waals surface area contributed by atoms with Crippen molar-refractivity contribution < 1.29 is 43.4 Å². The van der Waals surface area contributed by atoms with Gasteiger partial charge in [0.2, 0.25) is 5.95 Å². The van der Waals surface area contributed by atoms with Gasteiger partial charge in [-0.15, -0.1) is 0 Å². The van der Waals surface area contributed by atoms with Gasteiger partial charge in [0.1, 0.15) is 0 Å². The van der Waals surface area contributed by atoms with Crippen LogP contribution >= 0.6 is 7.82 Å². The number of amides is 1. The van der Waals surface area contributed by atoms with Gasteiger partial charge in [-0.3, -0.25) is 4.79 Å². The number of hydrogen-bond acceptors (Lipinski definition) is 8. The van der Waals surface area contributed by atoms with Crippen molar-refractivity contribution in [3.8, 4) is 22.8 Å². The molecule has 4 rings (SSSR count). The van der Waals surface area contributed by atoms with E-state index in [1.165, 1.54) is 12.1 Å². The number of aryl methyl sites for hydroxylation is 1. The van der Waals surface area contributed by atoms with E-state index >= 15 is 0 Å². The van der Waals surface area contributed by atoms with Crippen LogP contribution in [0.3, 0.4) is 0 Å². The maximum atomic E-state index is 12.8. The third kappa shape index (κ3) is 7.52. The number of methoxy groups -OCH3 is 2. The van der Waals surface area contributed by atoms with Crippen molar-refractivity contribution in [1.29, 1.82) is 0 Å². The summed E-state index contributed by atoms with van der Waals surface area (Å²) in [6, 6.07) is 15.4. The second-order valence-electron chi connectivity index (χ2n) is 8.25. The molecular weight excluding hydrogens is 543 g/mol. The molecule has 0 spiro atoms. The number of hydrogen-bond donors (Lipinski definition) is 6. The lowest BCUT2D eigenvalue weighted by Crippen LogP contribution is -2.13. The lowest BCUT2D eigenvalue weighted by Gasteiger charge is -2.14. The van der Waals surface area contributed by atoms with Crippen LogP contribution in [0.2, 0.25) is 0 Å². The zero-order valence-corrected chi connectivity index (χ0v) is 22.8. The second-order valence-corrected chi connectivity index (χ2v) is 9.28. The fourth-order valence-electron chi connectivity index (χ4n) is 3.78. The topological polar surface area (TPSA) is 200 Å². The van der Waals surface area contributed by atoms with Gasteiger partial charge >= 0.3 is 13.8 Å². The van der Waals surface area contributed by atoms with Gasteiger partial charge in [-0.1, -0.05) is 12.1 Å². The highest BCUT2D eigenvalue weighted by atomic mass is 31.2. The van der Waals surface area contributed by atoms with E-state index in [4.69, 9.17) is 28.7 Å². The number of benzene rings is 3. The summed E-state index contributed by atoms with van der Waals surface area (Å²) in [6.45, 7) is 1.66. The van der Waals surface area contributed by atoms with E-state index in [0.717, 1.165) is 10.9 Å². The van der Waals surface area contributed by atoms with Gasteiger partial charge in [-0.2, -0.15) is 0 Å². The lowest BCUT2D eigenvalue weighted by atomic mass is 10.0. The number of carboxylic acids is 1. The molecule has 13 nitrogen and oxygen atoms in total. The molecule has 0 aliphatic carbocycles. The Kier molecular flexibility index (Phi) is 9.40. The summed E-state index contributed by atoms with van der Waals surface area (Å²) in [5.41, 5.74) is 3.67. The number of carboxylic acid groups (broad SMARTS) is 1. The second kappa shape index (κ2) is 12.5. The number of nitrogens with zero attached hydrogens (tertiary/aromatic N) is 2. The van der Waals surface area contributed by atoms with Crippen LogP contribution in [0.25, 0.3) is 22.2 Å². The van der Waals surface area contributed by atoms with Crippen LogP contribution in [0.4, 0.5) is 11.6 Å². The van der Waals surface area contributed by atoms with E-state index in [2.05, 4.69) is 20.6 Å². The first kappa shape index (κ1) is 30.0. The summed E-state index contributed by atoms with van der Waals surface area (Å²) >= 11 is 0. The van der Waals surface area contributed by atoms with Crippen molar-refractivity contribution >= 4 is 42.2 Å². The van der Waals surface area contributed by atoms with Crippen LogP contribution in [-0.2, 0) is 4.57 Å². The first-order chi connectivity index (χ1) is 18.8. The average molecular weight is 570 g/mol. The summed E-state index contributed by atoms with van der Waals surface area (Å²) in [5.74, 6) is 0.151. The van der Waals surface area contributed by atoms with Crippen LogP contribution in [0.15, 0.2) is 54.6 Å². The number of ether oxygens (including phenoxy) is 2. The standard InChI is InChI=1S/C26H24N4O5.H3O4P/c1-14-10-16(8-9-18(14)25(32)33)24(31)28-17-7-5-6-15(11-17)23-19-12-21(34-3)22(35-4)13-20(19)29-26(27-2)30-23;1-5(2,3)4/h5-13H,1-4H3,(H,28,31)(H,32,33)(H,27,29,30);(H3,1,2,3,4). The van der Waals surface area contributed by atoms with E-state index in [-0.39, 0.29) is 11.5 Å². The highest BCUT2D eigenvalue weighted by Crippen LogP contribution is 2.36. The lowest BCUT2D eigenvalue weighted by molar-refractivity contribution is 0.0695. The molecule has 1 heterocycles. The molecule has 0 atom stereocenters. The van der Waals surface area contributed by atoms with Gasteiger partial charge < -0.3 is 39.9 Å². The monoisotopic (exact) mass is 570 g/mol. The van der Waals surface area contributed by atoms with Crippen molar-refractivity contribution in [2.75, 3.05) is 31.9 Å². The molecule has 40 heavy (non-hydrogen) atoms. The van der Waals surface area contributed by atoms with Gasteiger partial charge in [-0.05, 0) is 48.9 Å². The molecule has 1 amide bonds. The minimum atomic E-state index is -4.64. The molecule has 14 heteroatoms. The van der Waals surface area contributed by atoms with Crippen LogP contribution in [0.1, 0.15) is 26.3 Å². The Hall–Kier alpha value is -4.55. The van der Waals surface area contributed by atoms with Gasteiger partial charge in [0.25, 0.3) is 5.91 Å². The zero-order valence-electron chi connectivity index (χ0n) is 21.9. The number of anilines is 2. The van der Waals surface area contributed by atoms with E-state index < -0.39 is 13.8 Å². The molecule has 1 aromatic heterocycles. The fourth-order valence-corrected chi connectivity index (χ4v) is 3.78. The Balaban J connectivity index is 0.000000810. The third-order valence-electron chi connectivity index (χ3n) is 5.54. The molecule has 0 saturated heterocycles. The Bertz CT molecular complexity index is 1610. The van der Waals surface area contributed by atoms with Crippen LogP contribution < -0.4 is 20.1 Å². The minimum Gasteiger partial charge on any atom is -0.493 e. The number of aromatic carboxylic acids is 1. The van der Waals surface area contributed by atoms with Crippen molar-refractivity contribution in [3.05, 3.63) is 71.3 Å². The number of carbonyl (C=O) groups is 2. The number of nitrogens with one attached hydrogen (secondary N) is 2. The number of phosphoric acid groups is 1. The predicted molar refractivity (Wildman–Crippen MR) is 148 cm³/mol. The molecular formula is C26H27N4O9P. The first-order valence-corrected chi connectivity index (χ1v) is 13.1. The Morgan fingerprint density at radius 1 is 0.925 bits per heavy atom. The molecule has 0 radical (unpaired) electrons. The normalized spacial score (nSPS) is 10.8. The summed E-state index contributed by atoms with van der Waals surface area (Å²) in [5, 5.41) is 15.8. The van der Waals surface area contributed by atoms with E-state index in [1.807, 2.05) is 24.3 Å². The summed E-state index contributed by atoms with van der Waals surface area (Å²) in [4.78, 5) is 54.8. The van der Waals surface area contributed by atoms with Gasteiger partial charge in [-0.25, -0.2) is 19.3 Å². The molecule has 0 bridgehead atoms. The van der Waals surface area contributed by atoms with Crippen molar-refractivity contribution in [1.82, 2.24) is 9.97 Å². The van der Waals surface area contributed by atoms with Gasteiger partial charge in [0, 0.05) is 35.3 Å². The summed E-state index contributed by atoms with van der Waals surface area (Å²) in [6.07, 6.45) is 0. The maximum absolute atomic E-state index is 12.8. The smallest absolute Gasteiger partial charge is 0.466 e. The van der Waals surface area contributed by atoms with Crippen molar-refractivity contribution in [2.24, 2.45) is 0 Å². The Morgan fingerprint density at radius 3 is 2.15 bits per heavy atom. The average Bonchev–Trinajstić information content (AvgIpc) is 2.90. The van der Waals surface area contributed by atoms with E-state index in [9.17, 15) is 14.7 Å². The number of fused-ring (bicyclic) bond motifs is 1. The van der Waals surface area contributed by atoms with Crippen molar-refractivity contribution in [2.45, 2.75) is 6.92 Å². The molecule has 3 aromatic carbocycles. The van der Waals surface area contributed by atoms with Crippen LogP contribution in [0.5, 0.6) is 11.5 Å². The van der Waals surface area contributed by atoms with E-state index in [1.54, 1.807) is 46.4 Å². The maximum Gasteiger partial charge on any atom is 0.466 e.